The predicted octanol–water partition coefficient (Wildman–Crippen LogP) is 4.09. The molecule has 4 rings (SSSR count). The molecule has 1 spiro atoms. The Morgan fingerprint density at radius 3 is 2.68 bits per heavy atom. The van der Waals surface area contributed by atoms with Crippen LogP contribution in [0.2, 0.25) is 0 Å². The summed E-state index contributed by atoms with van der Waals surface area (Å²) < 4.78 is 13.5. The van der Waals surface area contributed by atoms with Gasteiger partial charge in [0.25, 0.3) is 5.91 Å². The Labute approximate surface area is 164 Å². The first-order chi connectivity index (χ1) is 13.4. The van der Waals surface area contributed by atoms with E-state index in [9.17, 15) is 14.0 Å². The summed E-state index contributed by atoms with van der Waals surface area (Å²) >= 11 is 0. The minimum Gasteiger partial charge on any atom is -0.350 e. The Hall–Kier alpha value is -2.37. The summed E-state index contributed by atoms with van der Waals surface area (Å²) in [4.78, 5) is 32.6. The average Bonchev–Trinajstić information content (AvgIpc) is 3.24. The Balaban J connectivity index is 1.60. The molecule has 2 aliphatic rings. The summed E-state index contributed by atoms with van der Waals surface area (Å²) in [5, 5.41) is 0.821. The van der Waals surface area contributed by atoms with Crippen molar-refractivity contribution in [1.29, 1.82) is 0 Å². The molecule has 5 nitrogen and oxygen atoms in total. The average molecular weight is 385 g/mol. The molecule has 2 fully saturated rings. The lowest BCUT2D eigenvalue weighted by molar-refractivity contribution is -0.134. The summed E-state index contributed by atoms with van der Waals surface area (Å²) in [6.07, 6.45) is 6.41. The molecule has 0 unspecified atom stereocenters. The van der Waals surface area contributed by atoms with E-state index < -0.39 is 0 Å². The SMILES string of the molecule is CCN(C(=O)c1cc2ccc(F)cc2[nH]1)[C@H]1CN(C(C)=O)C2(CCCCC2)C1. The van der Waals surface area contributed by atoms with Crippen LogP contribution in [0.4, 0.5) is 4.39 Å². The van der Waals surface area contributed by atoms with Gasteiger partial charge in [-0.25, -0.2) is 4.39 Å². The number of aromatic amines is 1. The zero-order valence-corrected chi connectivity index (χ0v) is 16.6. The minimum absolute atomic E-state index is 0.0163. The van der Waals surface area contributed by atoms with Crippen LogP contribution in [0.15, 0.2) is 24.3 Å². The van der Waals surface area contributed by atoms with Gasteiger partial charge in [-0.1, -0.05) is 19.3 Å². The lowest BCUT2D eigenvalue weighted by Gasteiger charge is -2.41. The number of likely N-dealkylation sites (tertiary alicyclic amines) is 1. The van der Waals surface area contributed by atoms with Crippen LogP contribution in [-0.2, 0) is 4.79 Å². The molecule has 0 bridgehead atoms. The number of likely N-dealkylation sites (N-methyl/N-ethyl adjacent to an activating group) is 1. The maximum atomic E-state index is 13.5. The van der Waals surface area contributed by atoms with E-state index in [1.807, 2.05) is 16.7 Å². The summed E-state index contributed by atoms with van der Waals surface area (Å²) in [6, 6.07) is 6.29. The summed E-state index contributed by atoms with van der Waals surface area (Å²) in [6.45, 7) is 4.80. The van der Waals surface area contributed by atoms with E-state index in [0.717, 1.165) is 37.5 Å². The monoisotopic (exact) mass is 385 g/mol. The molecular weight excluding hydrogens is 357 g/mol. The third kappa shape index (κ3) is 3.19. The van der Waals surface area contributed by atoms with E-state index in [-0.39, 0.29) is 29.2 Å². The molecule has 0 radical (unpaired) electrons. The minimum atomic E-state index is -0.326. The summed E-state index contributed by atoms with van der Waals surface area (Å²) in [7, 11) is 0. The van der Waals surface area contributed by atoms with Crippen molar-refractivity contribution in [3.63, 3.8) is 0 Å². The van der Waals surface area contributed by atoms with Crippen LogP contribution in [0.5, 0.6) is 0 Å². The van der Waals surface area contributed by atoms with Gasteiger partial charge >= 0.3 is 0 Å². The molecule has 28 heavy (non-hydrogen) atoms. The van der Waals surface area contributed by atoms with E-state index in [1.165, 1.54) is 18.6 Å². The first-order valence-corrected chi connectivity index (χ1v) is 10.3. The van der Waals surface area contributed by atoms with Gasteiger partial charge in [-0.15, -0.1) is 0 Å². The lowest BCUT2D eigenvalue weighted by atomic mass is 9.79. The van der Waals surface area contributed by atoms with Crippen molar-refractivity contribution in [3.8, 4) is 0 Å². The smallest absolute Gasteiger partial charge is 0.270 e. The maximum absolute atomic E-state index is 13.5. The standard InChI is InChI=1S/C22H28FN3O2/c1-3-25(21(28)20-11-16-7-8-17(23)12-19(16)24-20)18-13-22(9-5-4-6-10-22)26(14-18)15(2)27/h7-8,11-12,18,24H,3-6,9-10,13-14H2,1-2H3/t18-/m1/s1. The number of halogens is 1. The second-order valence-electron chi connectivity index (χ2n) is 8.28. The van der Waals surface area contributed by atoms with Gasteiger partial charge < -0.3 is 14.8 Å². The van der Waals surface area contributed by atoms with E-state index in [2.05, 4.69) is 4.98 Å². The summed E-state index contributed by atoms with van der Waals surface area (Å²) in [5.41, 5.74) is 1.01. The van der Waals surface area contributed by atoms with Crippen molar-refractivity contribution >= 4 is 22.7 Å². The Morgan fingerprint density at radius 1 is 1.25 bits per heavy atom. The molecular formula is C22H28FN3O2. The second-order valence-corrected chi connectivity index (χ2v) is 8.28. The fraction of sp³-hybridized carbons (Fsp3) is 0.545. The van der Waals surface area contributed by atoms with Crippen LogP contribution in [0.1, 0.15) is 62.9 Å². The van der Waals surface area contributed by atoms with Crippen molar-refractivity contribution in [1.82, 2.24) is 14.8 Å². The number of rotatable bonds is 3. The molecule has 1 N–H and O–H groups in total. The van der Waals surface area contributed by atoms with Gasteiger partial charge in [0.15, 0.2) is 0 Å². The predicted molar refractivity (Wildman–Crippen MR) is 107 cm³/mol. The highest BCUT2D eigenvalue weighted by Gasteiger charge is 2.49. The van der Waals surface area contributed by atoms with Crippen LogP contribution in [0.25, 0.3) is 10.9 Å². The topological polar surface area (TPSA) is 56.4 Å². The maximum Gasteiger partial charge on any atom is 0.270 e. The number of hydrogen-bond acceptors (Lipinski definition) is 2. The van der Waals surface area contributed by atoms with E-state index in [1.54, 1.807) is 19.1 Å². The molecule has 1 aromatic carbocycles. The third-order valence-electron chi connectivity index (χ3n) is 6.60. The van der Waals surface area contributed by atoms with Crippen LogP contribution >= 0.6 is 0 Å². The van der Waals surface area contributed by atoms with E-state index >= 15 is 0 Å². The van der Waals surface area contributed by atoms with Crippen LogP contribution < -0.4 is 0 Å². The molecule has 1 aliphatic heterocycles. The number of fused-ring (bicyclic) bond motifs is 1. The normalized spacial score (nSPS) is 21.4. The van der Waals surface area contributed by atoms with Gasteiger partial charge in [-0.05, 0) is 50.5 Å². The van der Waals surface area contributed by atoms with Gasteiger partial charge in [-0.3, -0.25) is 9.59 Å². The van der Waals surface area contributed by atoms with Crippen molar-refractivity contribution in [2.45, 2.75) is 64.0 Å². The highest BCUT2D eigenvalue weighted by atomic mass is 19.1. The molecule has 150 valence electrons. The van der Waals surface area contributed by atoms with E-state index in [0.29, 0.717) is 24.3 Å². The first-order valence-electron chi connectivity index (χ1n) is 10.3. The first kappa shape index (κ1) is 19.0. The van der Waals surface area contributed by atoms with E-state index in [4.69, 9.17) is 0 Å². The van der Waals surface area contributed by atoms with Crippen LogP contribution in [-0.4, -0.2) is 51.3 Å². The Bertz CT molecular complexity index is 900. The number of carbonyl (C=O) groups excluding carboxylic acids is 2. The Morgan fingerprint density at radius 2 is 2.00 bits per heavy atom. The number of hydrogen-bond donors (Lipinski definition) is 1. The summed E-state index contributed by atoms with van der Waals surface area (Å²) in [5.74, 6) is -0.303. The fourth-order valence-corrected chi connectivity index (χ4v) is 5.31. The molecule has 2 aromatic rings. The highest BCUT2D eigenvalue weighted by Crippen LogP contribution is 2.43. The van der Waals surface area contributed by atoms with Gasteiger partial charge in [0, 0.05) is 36.5 Å². The quantitative estimate of drug-likeness (QED) is 0.865. The molecule has 2 amide bonds. The molecule has 2 heterocycles. The second kappa shape index (κ2) is 7.22. The van der Waals surface area contributed by atoms with Gasteiger partial charge in [0.1, 0.15) is 11.5 Å². The van der Waals surface area contributed by atoms with Crippen LogP contribution in [0, 0.1) is 5.82 Å². The van der Waals surface area contributed by atoms with Crippen molar-refractivity contribution in [2.75, 3.05) is 13.1 Å². The van der Waals surface area contributed by atoms with Gasteiger partial charge in [0.2, 0.25) is 5.91 Å². The number of nitrogens with zero attached hydrogens (tertiary/aromatic N) is 2. The molecule has 1 saturated heterocycles. The van der Waals surface area contributed by atoms with Crippen LogP contribution in [0.3, 0.4) is 0 Å². The number of H-pyrrole nitrogens is 1. The zero-order chi connectivity index (χ0) is 19.9. The van der Waals surface area contributed by atoms with Crippen molar-refractivity contribution in [2.24, 2.45) is 0 Å². The van der Waals surface area contributed by atoms with Crippen molar-refractivity contribution < 1.29 is 14.0 Å². The number of carbonyl (C=O) groups is 2. The number of benzene rings is 1. The zero-order valence-electron chi connectivity index (χ0n) is 16.6. The highest BCUT2D eigenvalue weighted by molar-refractivity contribution is 5.98. The Kier molecular flexibility index (Phi) is 4.89. The number of nitrogens with one attached hydrogen (secondary N) is 1. The van der Waals surface area contributed by atoms with Gasteiger partial charge in [-0.2, -0.15) is 0 Å². The third-order valence-corrected chi connectivity index (χ3v) is 6.60. The lowest BCUT2D eigenvalue weighted by Crippen LogP contribution is -2.47. The largest absolute Gasteiger partial charge is 0.350 e. The van der Waals surface area contributed by atoms with Gasteiger partial charge in [0.05, 0.1) is 6.04 Å². The molecule has 1 aliphatic carbocycles. The van der Waals surface area contributed by atoms with Crippen molar-refractivity contribution in [3.05, 3.63) is 35.8 Å². The molecule has 6 heteroatoms. The molecule has 1 aromatic heterocycles. The molecule has 1 atom stereocenters. The number of aromatic nitrogens is 1. The number of amides is 2. The molecule has 1 saturated carbocycles. The fourth-order valence-electron chi connectivity index (χ4n) is 5.31.